The summed E-state index contributed by atoms with van der Waals surface area (Å²) in [5.41, 5.74) is 5.33. The van der Waals surface area contributed by atoms with E-state index in [2.05, 4.69) is 40.0 Å². The van der Waals surface area contributed by atoms with Crippen LogP contribution in [0.4, 0.5) is 5.69 Å². The largest absolute Gasteiger partial charge is 0.316 e. The third-order valence-corrected chi connectivity index (χ3v) is 5.18. The summed E-state index contributed by atoms with van der Waals surface area (Å²) in [6.07, 6.45) is 3.70. The second kappa shape index (κ2) is 7.29. The van der Waals surface area contributed by atoms with Crippen LogP contribution in [-0.2, 0) is 0 Å². The Morgan fingerprint density at radius 2 is 1.53 bits per heavy atom. The van der Waals surface area contributed by atoms with Crippen molar-refractivity contribution in [2.24, 2.45) is 0 Å². The van der Waals surface area contributed by atoms with Crippen molar-refractivity contribution in [3.63, 3.8) is 0 Å². The number of hydrogen-bond donors (Lipinski definition) is 0. The van der Waals surface area contributed by atoms with E-state index in [0.29, 0.717) is 5.69 Å². The highest BCUT2D eigenvalue weighted by Gasteiger charge is 2.18. The van der Waals surface area contributed by atoms with Gasteiger partial charge in [-0.05, 0) is 35.9 Å². The van der Waals surface area contributed by atoms with Gasteiger partial charge in [-0.15, -0.1) is 0 Å². The predicted molar refractivity (Wildman–Crippen MR) is 119 cm³/mol. The number of fused-ring (bicyclic) bond motifs is 1. The van der Waals surface area contributed by atoms with Crippen molar-refractivity contribution in [1.82, 2.24) is 9.55 Å². The zero-order valence-electron chi connectivity index (χ0n) is 16.0. The molecule has 0 unspecified atom stereocenters. The maximum Gasteiger partial charge on any atom is 0.295 e. The molecule has 144 valence electrons. The third kappa shape index (κ3) is 3.02. The fourth-order valence-corrected chi connectivity index (χ4v) is 3.79. The summed E-state index contributed by atoms with van der Waals surface area (Å²) in [4.78, 5) is 15.4. The van der Waals surface area contributed by atoms with Crippen LogP contribution < -0.4 is 0 Å². The van der Waals surface area contributed by atoms with Crippen LogP contribution in [0.5, 0.6) is 0 Å². The van der Waals surface area contributed by atoms with Gasteiger partial charge in [0.25, 0.3) is 5.69 Å². The molecule has 2 aromatic heterocycles. The van der Waals surface area contributed by atoms with Crippen molar-refractivity contribution in [1.29, 1.82) is 0 Å². The molecule has 5 aromatic rings. The smallest absolute Gasteiger partial charge is 0.295 e. The Bertz CT molecular complexity index is 1360. The molecule has 5 rings (SSSR count). The standard InChI is InChI=1S/C25H17N3O2/c29-28(30)24-12-7-15-26-25(24)19-13-14-23-21(16-19)22(18-8-3-1-4-9-18)17-27(23)20-10-5-2-6-11-20/h1-17H. The molecule has 0 bridgehead atoms. The topological polar surface area (TPSA) is 61.0 Å². The average Bonchev–Trinajstić information content (AvgIpc) is 3.19. The van der Waals surface area contributed by atoms with E-state index in [1.54, 1.807) is 12.3 Å². The highest BCUT2D eigenvalue weighted by molar-refractivity contribution is 5.99. The van der Waals surface area contributed by atoms with Crippen molar-refractivity contribution >= 4 is 16.6 Å². The molecule has 3 aromatic carbocycles. The predicted octanol–water partition coefficient (Wildman–Crippen LogP) is 6.27. The summed E-state index contributed by atoms with van der Waals surface area (Å²) >= 11 is 0. The number of para-hydroxylation sites is 1. The Labute approximate surface area is 173 Å². The molecule has 2 heterocycles. The van der Waals surface area contributed by atoms with Crippen LogP contribution in [0.3, 0.4) is 0 Å². The summed E-state index contributed by atoms with van der Waals surface area (Å²) in [5.74, 6) is 0. The lowest BCUT2D eigenvalue weighted by Crippen LogP contribution is -1.94. The van der Waals surface area contributed by atoms with Gasteiger partial charge in [0.15, 0.2) is 0 Å². The highest BCUT2D eigenvalue weighted by Crippen LogP contribution is 2.36. The molecule has 30 heavy (non-hydrogen) atoms. The third-order valence-electron chi connectivity index (χ3n) is 5.18. The molecule has 0 spiro atoms. The number of hydrogen-bond acceptors (Lipinski definition) is 3. The number of nitro groups is 1. The normalized spacial score (nSPS) is 10.9. The van der Waals surface area contributed by atoms with E-state index < -0.39 is 0 Å². The lowest BCUT2D eigenvalue weighted by Gasteiger charge is -2.06. The molecule has 0 aliphatic heterocycles. The molecule has 0 amide bonds. The number of nitrogens with zero attached hydrogens (tertiary/aromatic N) is 3. The van der Waals surface area contributed by atoms with Crippen LogP contribution in [0.1, 0.15) is 0 Å². The maximum absolute atomic E-state index is 11.5. The van der Waals surface area contributed by atoms with Crippen LogP contribution >= 0.6 is 0 Å². The van der Waals surface area contributed by atoms with Crippen LogP contribution in [0.25, 0.3) is 39.0 Å². The Morgan fingerprint density at radius 3 is 2.27 bits per heavy atom. The van der Waals surface area contributed by atoms with Gasteiger partial charge in [0.2, 0.25) is 0 Å². The van der Waals surface area contributed by atoms with E-state index >= 15 is 0 Å². The summed E-state index contributed by atoms with van der Waals surface area (Å²) in [6.45, 7) is 0. The fraction of sp³-hybridized carbons (Fsp3) is 0. The number of rotatable bonds is 4. The minimum Gasteiger partial charge on any atom is -0.316 e. The van der Waals surface area contributed by atoms with Gasteiger partial charge in [-0.2, -0.15) is 0 Å². The Morgan fingerprint density at radius 1 is 0.800 bits per heavy atom. The molecular formula is C25H17N3O2. The molecule has 0 saturated carbocycles. The minimum atomic E-state index is -0.389. The van der Waals surface area contributed by atoms with Crippen molar-refractivity contribution in [3.8, 4) is 28.1 Å². The lowest BCUT2D eigenvalue weighted by atomic mass is 10.0. The number of aromatic nitrogens is 2. The number of pyridine rings is 1. The van der Waals surface area contributed by atoms with Crippen molar-refractivity contribution < 1.29 is 4.92 Å². The average molecular weight is 391 g/mol. The zero-order valence-corrected chi connectivity index (χ0v) is 16.0. The van der Waals surface area contributed by atoms with Gasteiger partial charge < -0.3 is 4.57 Å². The molecule has 0 N–H and O–H groups in total. The monoisotopic (exact) mass is 391 g/mol. The van der Waals surface area contributed by atoms with Crippen LogP contribution in [0.2, 0.25) is 0 Å². The zero-order chi connectivity index (χ0) is 20.5. The summed E-state index contributed by atoms with van der Waals surface area (Å²) in [6, 6.07) is 29.2. The van der Waals surface area contributed by atoms with Crippen molar-refractivity contribution in [3.05, 3.63) is 114 Å². The van der Waals surface area contributed by atoms with E-state index in [9.17, 15) is 10.1 Å². The molecule has 0 radical (unpaired) electrons. The first-order valence-electron chi connectivity index (χ1n) is 9.58. The van der Waals surface area contributed by atoms with Gasteiger partial charge in [-0.1, -0.05) is 54.6 Å². The molecule has 0 aliphatic rings. The molecule has 5 nitrogen and oxygen atoms in total. The summed E-state index contributed by atoms with van der Waals surface area (Å²) in [7, 11) is 0. The first-order chi connectivity index (χ1) is 14.7. The quantitative estimate of drug-likeness (QED) is 0.268. The Balaban J connectivity index is 1.79. The number of benzene rings is 3. The first kappa shape index (κ1) is 17.8. The van der Waals surface area contributed by atoms with Gasteiger partial charge in [-0.3, -0.25) is 10.1 Å². The van der Waals surface area contributed by atoms with E-state index in [1.165, 1.54) is 6.07 Å². The Hall–Kier alpha value is -4.25. The van der Waals surface area contributed by atoms with Gasteiger partial charge in [-0.25, -0.2) is 4.98 Å². The molecular weight excluding hydrogens is 374 g/mol. The van der Waals surface area contributed by atoms with Crippen LogP contribution in [-0.4, -0.2) is 14.5 Å². The van der Waals surface area contributed by atoms with Crippen LogP contribution in [0.15, 0.2) is 103 Å². The van der Waals surface area contributed by atoms with Gasteiger partial charge in [0.1, 0.15) is 5.69 Å². The molecule has 5 heteroatoms. The summed E-state index contributed by atoms with van der Waals surface area (Å²) < 4.78 is 2.15. The van der Waals surface area contributed by atoms with E-state index in [1.807, 2.05) is 54.6 Å². The minimum absolute atomic E-state index is 0.000558. The second-order valence-electron chi connectivity index (χ2n) is 6.97. The molecule has 0 atom stereocenters. The van der Waals surface area contributed by atoms with Gasteiger partial charge >= 0.3 is 0 Å². The van der Waals surface area contributed by atoms with Crippen molar-refractivity contribution in [2.75, 3.05) is 0 Å². The highest BCUT2D eigenvalue weighted by atomic mass is 16.6. The first-order valence-corrected chi connectivity index (χ1v) is 9.58. The van der Waals surface area contributed by atoms with Gasteiger partial charge in [0, 0.05) is 40.7 Å². The van der Waals surface area contributed by atoms with E-state index in [0.717, 1.165) is 33.3 Å². The lowest BCUT2D eigenvalue weighted by molar-refractivity contribution is -0.384. The molecule has 0 saturated heterocycles. The second-order valence-corrected chi connectivity index (χ2v) is 6.97. The Kier molecular flexibility index (Phi) is 4.33. The molecule has 0 aliphatic carbocycles. The molecule has 0 fully saturated rings. The van der Waals surface area contributed by atoms with Crippen molar-refractivity contribution in [2.45, 2.75) is 0 Å². The maximum atomic E-state index is 11.5. The summed E-state index contributed by atoms with van der Waals surface area (Å²) in [5, 5.41) is 12.5. The SMILES string of the molecule is O=[N+]([O-])c1cccnc1-c1ccc2c(c1)c(-c1ccccc1)cn2-c1ccccc1. The van der Waals surface area contributed by atoms with Crippen LogP contribution in [0, 0.1) is 10.1 Å². The fourth-order valence-electron chi connectivity index (χ4n) is 3.79. The van der Waals surface area contributed by atoms with E-state index in [4.69, 9.17) is 0 Å². The van der Waals surface area contributed by atoms with Gasteiger partial charge in [0.05, 0.1) is 10.4 Å². The van der Waals surface area contributed by atoms with E-state index in [-0.39, 0.29) is 10.6 Å².